The fourth-order valence-corrected chi connectivity index (χ4v) is 8.98. The highest BCUT2D eigenvalue weighted by molar-refractivity contribution is 7.47. The molecule has 0 radical (unpaired) electrons. The van der Waals surface area contributed by atoms with E-state index in [1.165, 1.54) is 96.3 Å². The van der Waals surface area contributed by atoms with E-state index in [2.05, 4.69) is 124 Å². The fraction of sp³-hybridized carbons (Fsp3) is 0.662. The van der Waals surface area contributed by atoms with Gasteiger partial charge in [-0.3, -0.25) is 23.4 Å². The number of allylic oxidation sites excluding steroid dienone is 20. The summed E-state index contributed by atoms with van der Waals surface area (Å²) in [4.78, 5) is 48.7. The van der Waals surface area contributed by atoms with Gasteiger partial charge in [-0.2, -0.15) is 0 Å². The average Bonchev–Trinajstić information content (AvgIpc) is 3.45. The van der Waals surface area contributed by atoms with Gasteiger partial charge < -0.3 is 24.2 Å². The molecule has 0 saturated heterocycles. The van der Waals surface area contributed by atoms with Gasteiger partial charge in [0, 0.05) is 19.3 Å². The maximum absolute atomic E-state index is 13.0. The van der Waals surface area contributed by atoms with Crippen LogP contribution in [0.15, 0.2) is 122 Å². The zero-order valence-electron chi connectivity index (χ0n) is 50.5. The van der Waals surface area contributed by atoms with Crippen molar-refractivity contribution in [3.8, 4) is 0 Å². The van der Waals surface area contributed by atoms with Gasteiger partial charge in [-0.1, -0.05) is 258 Å². The summed E-state index contributed by atoms with van der Waals surface area (Å²) < 4.78 is 39.5. The van der Waals surface area contributed by atoms with Crippen molar-refractivity contribution in [3.63, 3.8) is 0 Å². The van der Waals surface area contributed by atoms with Crippen LogP contribution in [0, 0.1) is 0 Å². The number of carbonyl (C=O) groups excluding carboxylic acids is 3. The van der Waals surface area contributed by atoms with Crippen LogP contribution in [-0.2, 0) is 42.2 Å². The number of ether oxygens (including phenoxy) is 3. The summed E-state index contributed by atoms with van der Waals surface area (Å²) in [7, 11) is -4.79. The Bertz CT molecular complexity index is 1800. The monoisotopic (exact) mass is 1140 g/mol. The van der Waals surface area contributed by atoms with E-state index in [4.69, 9.17) is 23.3 Å². The van der Waals surface area contributed by atoms with Gasteiger partial charge in [-0.05, 0) is 96.3 Å². The Hall–Kier alpha value is -4.12. The number of hydrogen-bond donors (Lipinski definition) is 2. The average molecular weight is 1140 g/mol. The third-order valence-corrected chi connectivity index (χ3v) is 13.8. The number of aliphatic hydroxyl groups excluding tert-OH is 1. The van der Waals surface area contributed by atoms with Crippen LogP contribution in [0.4, 0.5) is 0 Å². The second kappa shape index (κ2) is 61.0. The van der Waals surface area contributed by atoms with Crippen LogP contribution in [0.25, 0.3) is 0 Å². The molecule has 0 aliphatic rings. The molecule has 0 aromatic carbocycles. The zero-order chi connectivity index (χ0) is 58.3. The third-order valence-electron chi connectivity index (χ3n) is 12.9. The number of phosphoric acid groups is 1. The molecule has 0 heterocycles. The Morgan fingerprint density at radius 1 is 0.362 bits per heavy atom. The molecule has 2 N–H and O–H groups in total. The van der Waals surface area contributed by atoms with E-state index >= 15 is 0 Å². The van der Waals surface area contributed by atoms with Crippen molar-refractivity contribution in [1.29, 1.82) is 0 Å². The van der Waals surface area contributed by atoms with Crippen LogP contribution in [0.5, 0.6) is 0 Å². The minimum absolute atomic E-state index is 0.0901. The van der Waals surface area contributed by atoms with Crippen LogP contribution in [0.3, 0.4) is 0 Å². The first kappa shape index (κ1) is 75.9. The Morgan fingerprint density at radius 3 is 1.00 bits per heavy atom. The first-order valence-corrected chi connectivity index (χ1v) is 32.9. The van der Waals surface area contributed by atoms with Crippen molar-refractivity contribution < 1.29 is 52.2 Å². The molecule has 0 fully saturated rings. The number of rotatable bonds is 57. The van der Waals surface area contributed by atoms with E-state index in [0.717, 1.165) is 83.5 Å². The largest absolute Gasteiger partial charge is 0.472 e. The lowest BCUT2D eigenvalue weighted by atomic mass is 10.0. The Labute approximate surface area is 487 Å². The molecule has 3 unspecified atom stereocenters. The van der Waals surface area contributed by atoms with Gasteiger partial charge in [-0.25, -0.2) is 4.57 Å². The van der Waals surface area contributed by atoms with Crippen LogP contribution >= 0.6 is 7.82 Å². The maximum atomic E-state index is 13.0. The quantitative estimate of drug-likeness (QED) is 0.0197. The number of carbonyl (C=O) groups is 3. The second-order valence-corrected chi connectivity index (χ2v) is 21.9. The van der Waals surface area contributed by atoms with Crippen molar-refractivity contribution in [3.05, 3.63) is 122 Å². The van der Waals surface area contributed by atoms with Gasteiger partial charge >= 0.3 is 25.7 Å². The third kappa shape index (κ3) is 58.5. The van der Waals surface area contributed by atoms with E-state index < -0.39 is 57.8 Å². The highest BCUT2D eigenvalue weighted by Gasteiger charge is 2.28. The van der Waals surface area contributed by atoms with Crippen LogP contribution < -0.4 is 0 Å². The highest BCUT2D eigenvalue weighted by Crippen LogP contribution is 2.43. The van der Waals surface area contributed by atoms with Gasteiger partial charge in [0.15, 0.2) is 6.10 Å². The molecule has 0 aliphatic carbocycles. The fourth-order valence-electron chi connectivity index (χ4n) is 8.19. The topological polar surface area (TPSA) is 155 Å². The molecule has 0 bridgehead atoms. The molecule has 0 aliphatic heterocycles. The van der Waals surface area contributed by atoms with Gasteiger partial charge in [0.25, 0.3) is 0 Å². The SMILES string of the molecule is CC/C=C\C/C=C\C/C=C\C/C=C\C/C=C\CCCC(=O)OCC(COP(=O)(O)OCC(CO)OC(=O)CCC/C=C\C/C=C\C/C=C\C/C=C\C/C=C\CC)OC(=O)CCCCCCCCCCCCCCCCCCCCC. The molecule has 456 valence electrons. The predicted molar refractivity (Wildman–Crippen MR) is 334 cm³/mol. The van der Waals surface area contributed by atoms with Gasteiger partial charge in [-0.15, -0.1) is 0 Å². The standard InChI is InChI=1S/C68H113O11P/c1-4-7-10-13-16-19-22-25-28-31-32-35-38-41-44-47-50-53-56-59-68(72)79-65(61-75-66(70)57-54-51-48-45-42-39-36-33-29-26-23-20-17-14-11-8-5-2)63-77-80(73,74)76-62-64(60-69)78-67(71)58-55-52-49-46-43-40-37-34-30-27-24-21-18-15-12-9-6-3/h8-9,11-12,17-18,20-21,26-27,29-30,36-37,39-40,45-46,48-49,64-65,69H,4-7,10,13-16,19,22-25,28,31-35,38,41-44,47,50-63H2,1-3H3,(H,73,74)/b11-8-,12-9-,20-17-,21-18-,29-26-,30-27-,39-36-,40-37-,48-45-,49-46-. The number of unbranched alkanes of at least 4 members (excludes halogenated alkanes) is 20. The Balaban J connectivity index is 4.83. The van der Waals surface area contributed by atoms with Gasteiger partial charge in [0.2, 0.25) is 0 Å². The molecule has 0 spiro atoms. The highest BCUT2D eigenvalue weighted by atomic mass is 31.2. The molecule has 0 aromatic rings. The van der Waals surface area contributed by atoms with E-state index in [0.29, 0.717) is 32.1 Å². The molecular formula is C68H113O11P. The second-order valence-electron chi connectivity index (χ2n) is 20.5. The van der Waals surface area contributed by atoms with Crippen LogP contribution in [0.2, 0.25) is 0 Å². The van der Waals surface area contributed by atoms with Crippen LogP contribution in [0.1, 0.15) is 252 Å². The van der Waals surface area contributed by atoms with Gasteiger partial charge in [0.05, 0.1) is 19.8 Å². The number of esters is 3. The summed E-state index contributed by atoms with van der Waals surface area (Å²) >= 11 is 0. The molecule has 0 amide bonds. The smallest absolute Gasteiger partial charge is 0.462 e. The first-order chi connectivity index (χ1) is 39.2. The molecule has 12 heteroatoms. The molecule has 3 atom stereocenters. The lowest BCUT2D eigenvalue weighted by Crippen LogP contribution is -2.30. The first-order valence-electron chi connectivity index (χ1n) is 31.4. The number of aliphatic hydroxyl groups is 1. The minimum atomic E-state index is -4.79. The molecule has 0 saturated carbocycles. The van der Waals surface area contributed by atoms with Gasteiger partial charge in [0.1, 0.15) is 12.7 Å². The van der Waals surface area contributed by atoms with Crippen LogP contribution in [-0.4, -0.2) is 66.5 Å². The van der Waals surface area contributed by atoms with Crippen molar-refractivity contribution in [1.82, 2.24) is 0 Å². The Kier molecular flexibility index (Phi) is 57.8. The summed E-state index contributed by atoms with van der Waals surface area (Å²) in [5.74, 6) is -1.60. The summed E-state index contributed by atoms with van der Waals surface area (Å²) in [6.45, 7) is 4.31. The lowest BCUT2D eigenvalue weighted by molar-refractivity contribution is -0.161. The molecule has 80 heavy (non-hydrogen) atoms. The molecule has 0 aromatic heterocycles. The van der Waals surface area contributed by atoms with E-state index in [-0.39, 0.29) is 25.9 Å². The minimum Gasteiger partial charge on any atom is -0.462 e. The van der Waals surface area contributed by atoms with E-state index in [1.54, 1.807) is 0 Å². The Morgan fingerprint density at radius 2 is 0.650 bits per heavy atom. The lowest BCUT2D eigenvalue weighted by Gasteiger charge is -2.21. The van der Waals surface area contributed by atoms with E-state index in [1.807, 2.05) is 18.2 Å². The van der Waals surface area contributed by atoms with Crippen molar-refractivity contribution in [2.75, 3.05) is 26.4 Å². The molecule has 0 rings (SSSR count). The van der Waals surface area contributed by atoms with Crippen molar-refractivity contribution >= 4 is 25.7 Å². The zero-order valence-corrected chi connectivity index (χ0v) is 51.4. The maximum Gasteiger partial charge on any atom is 0.472 e. The van der Waals surface area contributed by atoms with E-state index in [9.17, 15) is 28.9 Å². The summed E-state index contributed by atoms with van der Waals surface area (Å²) in [5, 5.41) is 9.84. The predicted octanol–water partition coefficient (Wildman–Crippen LogP) is 19.1. The normalized spacial score (nSPS) is 14.1. The number of hydrogen-bond acceptors (Lipinski definition) is 10. The molecule has 11 nitrogen and oxygen atoms in total. The molecular weight excluding hydrogens is 1020 g/mol. The number of phosphoric ester groups is 1. The van der Waals surface area contributed by atoms with Crippen molar-refractivity contribution in [2.45, 2.75) is 264 Å². The summed E-state index contributed by atoms with van der Waals surface area (Å²) in [5.41, 5.74) is 0. The summed E-state index contributed by atoms with van der Waals surface area (Å²) in [6, 6.07) is 0. The van der Waals surface area contributed by atoms with Crippen molar-refractivity contribution in [2.24, 2.45) is 0 Å². The summed E-state index contributed by atoms with van der Waals surface area (Å²) in [6.07, 6.45) is 76.0.